The lowest BCUT2D eigenvalue weighted by Crippen LogP contribution is -2.17. The fourth-order valence-corrected chi connectivity index (χ4v) is 2.86. The third kappa shape index (κ3) is 3.57. The van der Waals surface area contributed by atoms with Crippen LogP contribution >= 0.6 is 11.8 Å². The zero-order chi connectivity index (χ0) is 12.1. The van der Waals surface area contributed by atoms with Gasteiger partial charge >= 0.3 is 0 Å². The Morgan fingerprint density at radius 1 is 1.47 bits per heavy atom. The van der Waals surface area contributed by atoms with Crippen molar-refractivity contribution in [2.75, 3.05) is 25.1 Å². The summed E-state index contributed by atoms with van der Waals surface area (Å²) in [6, 6.07) is 0. The van der Waals surface area contributed by atoms with E-state index in [9.17, 15) is 0 Å². The molecule has 94 valence electrons. The molecule has 5 heteroatoms. The van der Waals surface area contributed by atoms with Crippen LogP contribution in [0.15, 0.2) is 11.2 Å². The number of nitrogens with zero attached hydrogens (tertiary/aromatic N) is 2. The van der Waals surface area contributed by atoms with E-state index >= 15 is 0 Å². The van der Waals surface area contributed by atoms with Crippen LogP contribution in [0.1, 0.15) is 25.3 Å². The highest BCUT2D eigenvalue weighted by atomic mass is 32.2. The molecule has 1 aliphatic heterocycles. The zero-order valence-corrected chi connectivity index (χ0v) is 11.2. The maximum absolute atomic E-state index is 5.37. The van der Waals surface area contributed by atoms with Gasteiger partial charge in [0.2, 0.25) is 5.95 Å². The molecule has 0 spiro atoms. The van der Waals surface area contributed by atoms with Crippen LogP contribution in [-0.2, 0) is 4.74 Å². The zero-order valence-electron chi connectivity index (χ0n) is 10.4. The molecule has 0 aliphatic carbocycles. The lowest BCUT2D eigenvalue weighted by atomic mass is 10.2. The Kier molecular flexibility index (Phi) is 4.62. The van der Waals surface area contributed by atoms with Gasteiger partial charge in [0.15, 0.2) is 0 Å². The predicted octanol–water partition coefficient (Wildman–Crippen LogP) is 2.49. The third-order valence-electron chi connectivity index (χ3n) is 2.71. The smallest absolute Gasteiger partial charge is 0.223 e. The Balaban J connectivity index is 2.04. The summed E-state index contributed by atoms with van der Waals surface area (Å²) in [6.45, 7) is 6.72. The van der Waals surface area contributed by atoms with Gasteiger partial charge < -0.3 is 10.1 Å². The van der Waals surface area contributed by atoms with E-state index in [4.69, 9.17) is 4.74 Å². The van der Waals surface area contributed by atoms with Crippen molar-refractivity contribution in [3.8, 4) is 0 Å². The van der Waals surface area contributed by atoms with Crippen LogP contribution in [0.5, 0.6) is 0 Å². The van der Waals surface area contributed by atoms with Crippen molar-refractivity contribution >= 4 is 17.7 Å². The molecular weight excluding hydrogens is 234 g/mol. The van der Waals surface area contributed by atoms with E-state index in [1.165, 1.54) is 0 Å². The summed E-state index contributed by atoms with van der Waals surface area (Å²) in [5.74, 6) is 0.729. The highest BCUT2D eigenvalue weighted by molar-refractivity contribution is 7.99. The van der Waals surface area contributed by atoms with Crippen molar-refractivity contribution in [3.05, 3.63) is 11.8 Å². The van der Waals surface area contributed by atoms with Crippen LogP contribution in [0.4, 0.5) is 5.95 Å². The summed E-state index contributed by atoms with van der Waals surface area (Å²) in [5.41, 5.74) is 1.16. The Bertz CT molecular complexity index is 367. The Labute approximate surface area is 107 Å². The Morgan fingerprint density at radius 3 is 2.94 bits per heavy atom. The van der Waals surface area contributed by atoms with Crippen molar-refractivity contribution < 1.29 is 4.74 Å². The van der Waals surface area contributed by atoms with E-state index in [1.54, 1.807) is 0 Å². The molecule has 0 radical (unpaired) electrons. The number of ether oxygens (including phenoxy) is 1. The van der Waals surface area contributed by atoms with Crippen molar-refractivity contribution in [1.82, 2.24) is 9.97 Å². The van der Waals surface area contributed by atoms with Gasteiger partial charge in [-0.3, -0.25) is 0 Å². The second-order valence-corrected chi connectivity index (χ2v) is 5.43. The van der Waals surface area contributed by atoms with E-state index in [-0.39, 0.29) is 0 Å². The largest absolute Gasteiger partial charge is 0.381 e. The quantitative estimate of drug-likeness (QED) is 0.835. The molecule has 1 fully saturated rings. The molecule has 1 aromatic heterocycles. The first-order chi connectivity index (χ1) is 8.29. The van der Waals surface area contributed by atoms with Crippen molar-refractivity contribution in [3.63, 3.8) is 0 Å². The van der Waals surface area contributed by atoms with Crippen LogP contribution in [0.25, 0.3) is 0 Å². The number of aryl methyl sites for hydroxylation is 1. The normalized spacial score (nSPS) is 17.1. The first kappa shape index (κ1) is 12.6. The molecule has 0 saturated carbocycles. The van der Waals surface area contributed by atoms with Crippen LogP contribution in [-0.4, -0.2) is 35.0 Å². The molecule has 0 atom stereocenters. The summed E-state index contributed by atoms with van der Waals surface area (Å²) < 4.78 is 5.37. The van der Waals surface area contributed by atoms with Gasteiger partial charge in [-0.05, 0) is 32.3 Å². The predicted molar refractivity (Wildman–Crippen MR) is 70.6 cm³/mol. The highest BCUT2D eigenvalue weighted by Gasteiger charge is 2.17. The van der Waals surface area contributed by atoms with E-state index < -0.39 is 0 Å². The molecule has 0 amide bonds. The van der Waals surface area contributed by atoms with Gasteiger partial charge in [0.25, 0.3) is 0 Å². The van der Waals surface area contributed by atoms with E-state index in [1.807, 2.05) is 18.0 Å². The Hall–Kier alpha value is -0.810. The molecule has 1 N–H and O–H groups in total. The average molecular weight is 253 g/mol. The summed E-state index contributed by atoms with van der Waals surface area (Å²) in [5, 5.41) is 4.88. The first-order valence-corrected chi connectivity index (χ1v) is 6.99. The van der Waals surface area contributed by atoms with Crippen molar-refractivity contribution in [1.29, 1.82) is 0 Å². The molecule has 1 saturated heterocycles. The molecule has 1 aromatic rings. The first-order valence-electron chi connectivity index (χ1n) is 6.11. The molecule has 0 aromatic carbocycles. The van der Waals surface area contributed by atoms with E-state index in [2.05, 4.69) is 29.1 Å². The lowest BCUT2D eigenvalue weighted by molar-refractivity contribution is 0.1000. The minimum absolute atomic E-state index is 0.631. The van der Waals surface area contributed by atoms with E-state index in [0.717, 1.165) is 49.1 Å². The van der Waals surface area contributed by atoms with Gasteiger partial charge in [0, 0.05) is 31.2 Å². The standard InChI is InChI=1S/C12H19N3OS/c1-3-13-12-14-8-9(2)11(15-12)17-10-4-6-16-7-5-10/h8,10H,3-7H2,1-2H3,(H,13,14,15). The molecule has 0 bridgehead atoms. The summed E-state index contributed by atoms with van der Waals surface area (Å²) in [4.78, 5) is 8.82. The fourth-order valence-electron chi connectivity index (χ4n) is 1.74. The van der Waals surface area contributed by atoms with Crippen LogP contribution in [0.3, 0.4) is 0 Å². The lowest BCUT2D eigenvalue weighted by Gasteiger charge is -2.21. The number of hydrogen-bond acceptors (Lipinski definition) is 5. The second-order valence-electron chi connectivity index (χ2n) is 4.14. The van der Waals surface area contributed by atoms with Gasteiger partial charge in [0.05, 0.1) is 0 Å². The second kappa shape index (κ2) is 6.21. The van der Waals surface area contributed by atoms with Crippen molar-refractivity contribution in [2.45, 2.75) is 37.0 Å². The number of thioether (sulfide) groups is 1. The van der Waals surface area contributed by atoms with E-state index in [0.29, 0.717) is 5.25 Å². The summed E-state index contributed by atoms with van der Waals surface area (Å²) in [6.07, 6.45) is 4.13. The number of nitrogens with one attached hydrogen (secondary N) is 1. The number of anilines is 1. The maximum Gasteiger partial charge on any atom is 0.223 e. The van der Waals surface area contributed by atoms with Gasteiger partial charge in [0.1, 0.15) is 5.03 Å². The van der Waals surface area contributed by atoms with Crippen LogP contribution < -0.4 is 5.32 Å². The van der Waals surface area contributed by atoms with Crippen LogP contribution in [0, 0.1) is 6.92 Å². The Morgan fingerprint density at radius 2 is 2.24 bits per heavy atom. The van der Waals surface area contributed by atoms with Gasteiger partial charge in [-0.1, -0.05) is 0 Å². The SMILES string of the molecule is CCNc1ncc(C)c(SC2CCOCC2)n1. The molecule has 4 nitrogen and oxygen atoms in total. The molecule has 17 heavy (non-hydrogen) atoms. The highest BCUT2D eigenvalue weighted by Crippen LogP contribution is 2.30. The van der Waals surface area contributed by atoms with Crippen molar-refractivity contribution in [2.24, 2.45) is 0 Å². The maximum atomic E-state index is 5.37. The topological polar surface area (TPSA) is 47.0 Å². The minimum atomic E-state index is 0.631. The van der Waals surface area contributed by atoms with Gasteiger partial charge in [-0.2, -0.15) is 0 Å². The van der Waals surface area contributed by atoms with Crippen LogP contribution in [0.2, 0.25) is 0 Å². The van der Waals surface area contributed by atoms with Gasteiger partial charge in [-0.25, -0.2) is 9.97 Å². The molecule has 1 aliphatic rings. The monoisotopic (exact) mass is 253 g/mol. The average Bonchev–Trinajstić information content (AvgIpc) is 2.35. The molecule has 0 unspecified atom stereocenters. The number of aromatic nitrogens is 2. The fraction of sp³-hybridized carbons (Fsp3) is 0.667. The minimum Gasteiger partial charge on any atom is -0.381 e. The summed E-state index contributed by atoms with van der Waals surface area (Å²) >= 11 is 1.86. The number of rotatable bonds is 4. The third-order valence-corrected chi connectivity index (χ3v) is 4.15. The molecular formula is C12H19N3OS. The van der Waals surface area contributed by atoms with Gasteiger partial charge in [-0.15, -0.1) is 11.8 Å². The summed E-state index contributed by atoms with van der Waals surface area (Å²) in [7, 11) is 0. The molecule has 2 rings (SSSR count). The molecule has 2 heterocycles. The number of hydrogen-bond donors (Lipinski definition) is 1.